The van der Waals surface area contributed by atoms with Crippen molar-refractivity contribution in [1.29, 1.82) is 0 Å². The van der Waals surface area contributed by atoms with Crippen LogP contribution in [0.1, 0.15) is 5.82 Å². The highest BCUT2D eigenvalue weighted by Crippen LogP contribution is 2.24. The molecule has 0 aliphatic heterocycles. The molecule has 4 aromatic rings. The first kappa shape index (κ1) is 19.4. The van der Waals surface area contributed by atoms with E-state index in [-0.39, 0.29) is 28.4 Å². The zero-order valence-electron chi connectivity index (χ0n) is 15.3. The molecule has 154 valence electrons. The van der Waals surface area contributed by atoms with Crippen molar-refractivity contribution in [1.82, 2.24) is 14.5 Å². The lowest BCUT2D eigenvalue weighted by Crippen LogP contribution is -2.27. The molecule has 1 N–H and O–H groups in total. The zero-order chi connectivity index (χ0) is 21.4. The van der Waals surface area contributed by atoms with Gasteiger partial charge in [0.2, 0.25) is 18.2 Å². The molecule has 4 rings (SSSR count). The molecule has 30 heavy (non-hydrogen) atoms. The number of ether oxygens (including phenoxy) is 1. The molecule has 0 aliphatic carbocycles. The van der Waals surface area contributed by atoms with E-state index in [1.54, 1.807) is 6.92 Å². The molecule has 0 amide bonds. The molecule has 0 atom stereocenters. The van der Waals surface area contributed by atoms with E-state index in [0.29, 0.717) is 16.2 Å². The van der Waals surface area contributed by atoms with Crippen molar-refractivity contribution in [3.05, 3.63) is 71.5 Å². The number of nitrogens with zero attached hydrogens (tertiary/aromatic N) is 4. The Hall–Kier alpha value is -3.89. The lowest BCUT2D eigenvalue weighted by molar-refractivity contribution is -0.604. The molecular weight excluding hydrogens is 406 g/mol. The molecule has 0 bridgehead atoms. The van der Waals surface area contributed by atoms with Gasteiger partial charge in [-0.15, -0.1) is 0 Å². The first-order chi connectivity index (χ1) is 14.3. The van der Waals surface area contributed by atoms with Crippen molar-refractivity contribution in [2.75, 3.05) is 5.32 Å². The van der Waals surface area contributed by atoms with E-state index in [2.05, 4.69) is 20.0 Å². The summed E-state index contributed by atoms with van der Waals surface area (Å²) in [6, 6.07) is 7.53. The van der Waals surface area contributed by atoms with Crippen LogP contribution >= 0.6 is 0 Å². The van der Waals surface area contributed by atoms with Crippen LogP contribution < -0.4 is 14.8 Å². The predicted octanol–water partition coefficient (Wildman–Crippen LogP) is 3.99. The summed E-state index contributed by atoms with van der Waals surface area (Å²) in [5.74, 6) is -1.49. The molecule has 2 aromatic carbocycles. The van der Waals surface area contributed by atoms with E-state index in [9.17, 15) is 22.8 Å². The maximum atomic E-state index is 13.7. The van der Waals surface area contributed by atoms with Gasteiger partial charge in [-0.3, -0.25) is 4.57 Å². The highest BCUT2D eigenvalue weighted by Gasteiger charge is 2.17. The Kier molecular flexibility index (Phi) is 4.86. The first-order valence-corrected chi connectivity index (χ1v) is 8.57. The van der Waals surface area contributed by atoms with Crippen molar-refractivity contribution < 1.29 is 27.0 Å². The fourth-order valence-electron chi connectivity index (χ4n) is 2.97. The van der Waals surface area contributed by atoms with E-state index in [1.807, 2.05) is 0 Å². The van der Waals surface area contributed by atoms with Gasteiger partial charge in [0, 0.05) is 17.8 Å². The Morgan fingerprint density at radius 3 is 2.47 bits per heavy atom. The van der Waals surface area contributed by atoms with Crippen molar-refractivity contribution in [2.45, 2.75) is 13.5 Å². The van der Waals surface area contributed by atoms with Crippen molar-refractivity contribution in [3.63, 3.8) is 0 Å². The average Bonchev–Trinajstić information content (AvgIpc) is 2.97. The molecule has 0 radical (unpaired) electrons. The van der Waals surface area contributed by atoms with Gasteiger partial charge in [-0.1, -0.05) is 0 Å². The molecule has 2 aromatic heterocycles. The zero-order valence-corrected chi connectivity index (χ0v) is 15.3. The van der Waals surface area contributed by atoms with Crippen LogP contribution in [0.4, 0.5) is 29.1 Å². The summed E-state index contributed by atoms with van der Waals surface area (Å²) < 4.78 is 57.9. The molecule has 0 saturated heterocycles. The Labute approximate surface area is 166 Å². The third-order valence-electron chi connectivity index (χ3n) is 4.17. The quantitative estimate of drug-likeness (QED) is 0.301. The minimum Gasteiger partial charge on any atom is -0.619 e. The van der Waals surface area contributed by atoms with Gasteiger partial charge in [0.1, 0.15) is 11.6 Å². The number of hydrogen-bond acceptors (Lipinski definition) is 5. The summed E-state index contributed by atoms with van der Waals surface area (Å²) in [7, 11) is 0. The number of imidazole rings is 1. The highest BCUT2D eigenvalue weighted by molar-refractivity contribution is 5.78. The van der Waals surface area contributed by atoms with Crippen molar-refractivity contribution in [2.24, 2.45) is 0 Å². The van der Waals surface area contributed by atoms with Crippen LogP contribution in [0, 0.1) is 23.8 Å². The third kappa shape index (κ3) is 3.81. The number of aryl methyl sites for hydroxylation is 1. The van der Waals surface area contributed by atoms with Crippen molar-refractivity contribution >= 4 is 22.5 Å². The number of fused-ring (bicyclic) bond motifs is 1. The third-order valence-corrected chi connectivity index (χ3v) is 4.17. The maximum absolute atomic E-state index is 13.7. The van der Waals surface area contributed by atoms with Gasteiger partial charge >= 0.3 is 6.61 Å². The Balaban J connectivity index is 1.70. The number of aromatic nitrogens is 4. The summed E-state index contributed by atoms with van der Waals surface area (Å²) >= 11 is 0. The number of alkyl halides is 2. The molecule has 0 spiro atoms. The molecular formula is C19H13F4N5O2. The Bertz CT molecular complexity index is 1230. The van der Waals surface area contributed by atoms with E-state index >= 15 is 0 Å². The molecule has 11 heteroatoms. The van der Waals surface area contributed by atoms with E-state index in [4.69, 9.17) is 0 Å². The molecule has 0 unspecified atom stereocenters. The van der Waals surface area contributed by atoms with Gasteiger partial charge in [-0.05, 0) is 31.2 Å². The van der Waals surface area contributed by atoms with Gasteiger partial charge in [0.25, 0.3) is 0 Å². The number of nitrogens with one attached hydrogen (secondary N) is 1. The number of hydrogen-bond donors (Lipinski definition) is 1. The number of halogens is 4. The minimum atomic E-state index is -2.94. The summed E-state index contributed by atoms with van der Waals surface area (Å²) in [4.78, 5) is 8.51. The highest BCUT2D eigenvalue weighted by atomic mass is 19.3. The predicted molar refractivity (Wildman–Crippen MR) is 98.8 cm³/mol. The summed E-state index contributed by atoms with van der Waals surface area (Å²) in [5, 5.41) is 15.0. The molecule has 0 fully saturated rings. The van der Waals surface area contributed by atoms with E-state index < -0.39 is 18.2 Å². The topological polar surface area (TPSA) is 78.9 Å². The van der Waals surface area contributed by atoms with Gasteiger partial charge in [-0.2, -0.15) is 13.5 Å². The number of rotatable bonds is 5. The maximum Gasteiger partial charge on any atom is 0.387 e. The number of benzene rings is 2. The van der Waals surface area contributed by atoms with Crippen LogP contribution in [0.25, 0.3) is 16.9 Å². The molecule has 7 nitrogen and oxygen atoms in total. The van der Waals surface area contributed by atoms with Gasteiger partial charge < -0.3 is 15.3 Å². The average molecular weight is 419 g/mol. The van der Waals surface area contributed by atoms with Gasteiger partial charge in [-0.25, -0.2) is 18.7 Å². The fourth-order valence-corrected chi connectivity index (χ4v) is 2.97. The molecule has 2 heterocycles. The number of anilines is 2. The first-order valence-electron chi connectivity index (χ1n) is 8.57. The second-order valence-electron chi connectivity index (χ2n) is 6.25. The fraction of sp³-hybridized carbons (Fsp3) is 0.105. The van der Waals surface area contributed by atoms with Crippen LogP contribution in [0.15, 0.2) is 48.8 Å². The Morgan fingerprint density at radius 1 is 1.07 bits per heavy atom. The van der Waals surface area contributed by atoms with Crippen LogP contribution in [-0.2, 0) is 0 Å². The van der Waals surface area contributed by atoms with Crippen LogP contribution in [0.2, 0.25) is 0 Å². The van der Waals surface area contributed by atoms with E-state index in [1.165, 1.54) is 28.8 Å². The normalized spacial score (nSPS) is 11.3. The lowest BCUT2D eigenvalue weighted by Gasteiger charge is -2.10. The Morgan fingerprint density at radius 2 is 1.77 bits per heavy atom. The largest absolute Gasteiger partial charge is 0.619 e. The smallest absolute Gasteiger partial charge is 0.387 e. The van der Waals surface area contributed by atoms with Crippen LogP contribution in [0.5, 0.6) is 5.75 Å². The standard InChI is InChI=1S/C19H13F4N5O2/c1-10-24-15-6-13(20)14(21)7-16(15)28(10)18-9-27(29)8-17(26-18)25-11-2-4-12(5-3-11)30-19(22)23/h2-9,19H,1H3,(H,25,26). The lowest BCUT2D eigenvalue weighted by atomic mass is 10.3. The monoisotopic (exact) mass is 419 g/mol. The SMILES string of the molecule is Cc1nc2cc(F)c(F)cc2n1-c1c[n+]([O-])cc(Nc2ccc(OC(F)F)cc2)n1. The second-order valence-corrected chi connectivity index (χ2v) is 6.25. The van der Waals surface area contributed by atoms with Gasteiger partial charge in [0.15, 0.2) is 17.5 Å². The summed E-state index contributed by atoms with van der Waals surface area (Å²) in [6.07, 6.45) is 2.31. The van der Waals surface area contributed by atoms with Crippen molar-refractivity contribution in [3.8, 4) is 11.6 Å². The summed E-state index contributed by atoms with van der Waals surface area (Å²) in [5.41, 5.74) is 0.907. The minimum absolute atomic E-state index is 0.0223. The second kappa shape index (κ2) is 7.50. The van der Waals surface area contributed by atoms with Crippen LogP contribution in [0.3, 0.4) is 0 Å². The van der Waals surface area contributed by atoms with E-state index in [0.717, 1.165) is 24.5 Å². The molecule has 0 aliphatic rings. The molecule has 0 saturated carbocycles. The van der Waals surface area contributed by atoms with Crippen LogP contribution in [-0.4, -0.2) is 21.1 Å². The summed E-state index contributed by atoms with van der Waals surface area (Å²) in [6.45, 7) is -1.33. The van der Waals surface area contributed by atoms with Gasteiger partial charge in [0.05, 0.1) is 11.0 Å².